The number of carboxylic acid groups (broad SMARTS) is 10. The minimum Gasteiger partial charge on any atom is -0.565 e. The van der Waals surface area contributed by atoms with E-state index in [-0.39, 0.29) is 32.4 Å². The summed E-state index contributed by atoms with van der Waals surface area (Å²) in [5.41, 5.74) is 0. The third kappa shape index (κ3) is 572. The molecule has 0 aromatic rings. The van der Waals surface area contributed by atoms with Crippen LogP contribution in [0.4, 0.5) is 24.0 Å². The van der Waals surface area contributed by atoms with Gasteiger partial charge in [-0.05, 0) is 0 Å². The van der Waals surface area contributed by atoms with Gasteiger partial charge >= 0.3 is 26.2 Å². The van der Waals surface area contributed by atoms with Gasteiger partial charge in [0.15, 0.2) is 0 Å². The third-order valence-electron chi connectivity index (χ3n) is 0. The number of rotatable bonds is 0. The molecule has 0 fully saturated rings. The first kappa shape index (κ1) is 42.7. The maximum absolute atomic E-state index is 8.44. The van der Waals surface area contributed by atoms with E-state index in [0.717, 1.165) is 0 Å². The molecule has 0 bridgehead atoms. The van der Waals surface area contributed by atoms with Crippen molar-refractivity contribution in [3.8, 4) is 0 Å². The molecule has 0 radical (unpaired) electrons. The maximum atomic E-state index is 8.44. The molecule has 0 spiro atoms. The first-order valence-corrected chi connectivity index (χ1v) is 3.16. The number of hydrogen-bond acceptors (Lipinski definition) is 10. The molecule has 0 aliphatic carbocycles. The first-order valence-electron chi connectivity index (χ1n) is 3.16. The van der Waals surface area contributed by atoms with Crippen LogP contribution in [0.5, 0.6) is 0 Å². The van der Waals surface area contributed by atoms with Crippen LogP contribution >= 0.6 is 0 Å². The fraction of sp³-hybridized carbons (Fsp3) is 0. The van der Waals surface area contributed by atoms with Gasteiger partial charge in [0.2, 0.25) is 30.8 Å². The molecule has 0 aromatic carbocycles. The molecule has 16 nitrogen and oxygen atoms in total. The van der Waals surface area contributed by atoms with Gasteiger partial charge in [0.05, 0.1) is 0 Å². The Morgan fingerprint density at radius 1 is 0.455 bits per heavy atom. The Labute approximate surface area is 138 Å². The average molecular weight is 414 g/mol. The van der Waals surface area contributed by atoms with E-state index in [2.05, 4.69) is 0 Å². The number of carbonyl (C=O) groups is 5. The summed E-state index contributed by atoms with van der Waals surface area (Å²) in [5, 5.41) is 76.5. The summed E-state index contributed by atoms with van der Waals surface area (Å²) >= 11 is 0. The SMILES string of the molecule is O=C([O-])O.O=C([O-])O.O=C([O-])O.O=C([O-])O.O=C([O-])O.[NH4+].[Zr+4]. The van der Waals surface area contributed by atoms with Crippen molar-refractivity contribution in [2.45, 2.75) is 0 Å². The quantitative estimate of drug-likeness (QED) is 0.215. The molecule has 0 aliphatic heterocycles. The monoisotopic (exact) mass is 413 g/mol. The Balaban J connectivity index is -0.0000000250. The van der Waals surface area contributed by atoms with Crippen molar-refractivity contribution in [3.05, 3.63) is 0 Å². The summed E-state index contributed by atoms with van der Waals surface area (Å²) in [6, 6.07) is 0. The summed E-state index contributed by atoms with van der Waals surface area (Å²) in [5.74, 6) is 0. The second kappa shape index (κ2) is 36.2. The summed E-state index contributed by atoms with van der Waals surface area (Å²) in [6.45, 7) is 0. The number of hydrogen-bond donors (Lipinski definition) is 6. The van der Waals surface area contributed by atoms with E-state index in [1.807, 2.05) is 0 Å². The molecule has 0 rings (SSSR count). The summed E-state index contributed by atoms with van der Waals surface area (Å²) in [7, 11) is 0. The van der Waals surface area contributed by atoms with Crippen LogP contribution in [0.15, 0.2) is 0 Å². The summed E-state index contributed by atoms with van der Waals surface area (Å²) in [6.07, 6.45) is -10.4. The molecule has 0 aliphatic rings. The molecule has 0 saturated carbocycles. The van der Waals surface area contributed by atoms with Gasteiger partial charge in [-0.15, -0.1) is 0 Å². The van der Waals surface area contributed by atoms with Crippen molar-refractivity contribution in [2.75, 3.05) is 0 Å². The minimum absolute atomic E-state index is 0. The smallest absolute Gasteiger partial charge is 0.565 e. The molecule has 17 heteroatoms. The van der Waals surface area contributed by atoms with Crippen molar-refractivity contribution in [1.82, 2.24) is 6.15 Å². The molecule has 0 heterocycles. The Bertz CT molecular complexity index is 213. The predicted octanol–water partition coefficient (Wildman–Crippen LogP) is -5.19. The second-order valence-corrected chi connectivity index (χ2v) is 1.33. The molecule has 0 amide bonds. The van der Waals surface area contributed by atoms with Gasteiger partial charge in [-0.2, -0.15) is 0 Å². The zero-order valence-corrected chi connectivity index (χ0v) is 12.8. The van der Waals surface area contributed by atoms with Crippen molar-refractivity contribution in [1.29, 1.82) is 0 Å². The zero-order valence-electron chi connectivity index (χ0n) is 10.3. The molecular weight excluding hydrogens is 405 g/mol. The Morgan fingerprint density at radius 2 is 0.455 bits per heavy atom. The maximum Gasteiger partial charge on any atom is 4.00 e. The van der Waals surface area contributed by atoms with Crippen LogP contribution in [0.3, 0.4) is 0 Å². The van der Waals surface area contributed by atoms with Crippen LogP contribution in [0, 0.1) is 0 Å². The fourth-order valence-corrected chi connectivity index (χ4v) is 0. The van der Waals surface area contributed by atoms with Gasteiger partial charge in [0.25, 0.3) is 0 Å². The van der Waals surface area contributed by atoms with Crippen molar-refractivity contribution < 1.29 is 101 Å². The molecule has 0 atom stereocenters. The van der Waals surface area contributed by atoms with E-state index in [1.165, 1.54) is 0 Å². The topological polar surface area (TPSA) is 338 Å². The fourth-order valence-electron chi connectivity index (χ4n) is 0. The summed E-state index contributed by atoms with van der Waals surface area (Å²) < 4.78 is 0. The Hall–Kier alpha value is -2.81. The van der Waals surface area contributed by atoms with Gasteiger partial charge in [-0.3, -0.25) is 0 Å². The van der Waals surface area contributed by atoms with Crippen LogP contribution in [-0.4, -0.2) is 56.3 Å². The Morgan fingerprint density at radius 3 is 0.455 bits per heavy atom. The molecular formula is C5H9NO15Zr. The van der Waals surface area contributed by atoms with E-state index in [0.29, 0.717) is 0 Å². The normalized spacial score (nSPS) is 5.45. The van der Waals surface area contributed by atoms with Crippen LogP contribution in [0.2, 0.25) is 0 Å². The Kier molecular flexibility index (Phi) is 70.3. The molecule has 128 valence electrons. The first-order chi connectivity index (χ1) is 8.66. The van der Waals surface area contributed by atoms with Crippen LogP contribution in [0.25, 0.3) is 0 Å². The van der Waals surface area contributed by atoms with Gasteiger partial charge in [-0.1, -0.05) is 0 Å². The van der Waals surface area contributed by atoms with Crippen LogP contribution in [0.1, 0.15) is 0 Å². The van der Waals surface area contributed by atoms with E-state index < -0.39 is 30.8 Å². The van der Waals surface area contributed by atoms with E-state index >= 15 is 0 Å². The van der Waals surface area contributed by atoms with E-state index in [1.54, 1.807) is 0 Å². The average Bonchev–Trinajstić information content (AvgIpc) is 1.94. The van der Waals surface area contributed by atoms with Gasteiger partial charge in [-0.25, -0.2) is 0 Å². The molecule has 0 aromatic heterocycles. The molecule has 9 N–H and O–H groups in total. The summed E-state index contributed by atoms with van der Waals surface area (Å²) in [4.78, 5) is 42.2. The molecule has 0 unspecified atom stereocenters. The largest absolute Gasteiger partial charge is 4.00 e. The standard InChI is InChI=1S/5CH2O3.H3N.Zr/c5*2-1(3)4;;/h5*(H2,2,3,4);1H3;/q;;;;;;+4/p-4. The second-order valence-electron chi connectivity index (χ2n) is 1.33. The number of quaternary nitrogens is 1. The zero-order chi connectivity index (χ0) is 17.9. The van der Waals surface area contributed by atoms with E-state index in [9.17, 15) is 0 Å². The predicted molar refractivity (Wildman–Crippen MR) is 46.1 cm³/mol. The minimum atomic E-state index is -2.08. The van der Waals surface area contributed by atoms with E-state index in [4.69, 9.17) is 75.0 Å². The van der Waals surface area contributed by atoms with Crippen molar-refractivity contribution in [2.24, 2.45) is 0 Å². The van der Waals surface area contributed by atoms with Gasteiger partial charge < -0.3 is 81.2 Å². The van der Waals surface area contributed by atoms with Crippen LogP contribution < -0.4 is 31.7 Å². The van der Waals surface area contributed by atoms with Crippen LogP contribution in [-0.2, 0) is 26.2 Å². The van der Waals surface area contributed by atoms with Crippen molar-refractivity contribution in [3.63, 3.8) is 0 Å². The van der Waals surface area contributed by atoms with Gasteiger partial charge in [0, 0.05) is 0 Å². The van der Waals surface area contributed by atoms with Crippen molar-refractivity contribution >= 4 is 30.8 Å². The molecule has 0 saturated heterocycles. The molecule has 22 heavy (non-hydrogen) atoms. The third-order valence-corrected chi connectivity index (χ3v) is 0. The van der Waals surface area contributed by atoms with Gasteiger partial charge in [0.1, 0.15) is 0 Å².